The number of ketones is 1. The van der Waals surface area contributed by atoms with Gasteiger partial charge in [-0.1, -0.05) is 62.7 Å². The van der Waals surface area contributed by atoms with E-state index in [1.54, 1.807) is 12.1 Å². The van der Waals surface area contributed by atoms with E-state index in [4.69, 9.17) is 0 Å². The number of rotatable bonds is 13. The second kappa shape index (κ2) is 13.0. The van der Waals surface area contributed by atoms with Crippen LogP contribution in [-0.2, 0) is 26.2 Å². The first-order valence-electron chi connectivity index (χ1n) is 11.8. The quantitative estimate of drug-likeness (QED) is 0.335. The minimum Gasteiger partial charge on any atom is -0.354 e. The second-order valence-corrected chi connectivity index (χ2v) is 10.4. The van der Waals surface area contributed by atoms with Crippen LogP contribution in [0.3, 0.4) is 0 Å². The molecule has 9 heteroatoms. The fourth-order valence-corrected chi connectivity index (χ4v) is 4.54. The van der Waals surface area contributed by atoms with Crippen LogP contribution < -0.4 is 9.62 Å². The zero-order valence-corrected chi connectivity index (χ0v) is 21.7. The van der Waals surface area contributed by atoms with E-state index >= 15 is 0 Å². The summed E-state index contributed by atoms with van der Waals surface area (Å²) >= 11 is 0. The molecule has 0 saturated carbocycles. The summed E-state index contributed by atoms with van der Waals surface area (Å²) in [5.74, 6) is -0.994. The predicted octanol–water partition coefficient (Wildman–Crippen LogP) is 3.38. The van der Waals surface area contributed by atoms with Crippen LogP contribution in [0.15, 0.2) is 54.6 Å². The number of anilines is 1. The molecule has 1 atom stereocenters. The molecule has 8 nitrogen and oxygen atoms in total. The zero-order chi connectivity index (χ0) is 26.0. The molecule has 0 saturated heterocycles. The molecule has 2 amide bonds. The second-order valence-electron chi connectivity index (χ2n) is 8.45. The summed E-state index contributed by atoms with van der Waals surface area (Å²) < 4.78 is 26.3. The van der Waals surface area contributed by atoms with Crippen LogP contribution in [0, 0.1) is 0 Å². The third-order valence-electron chi connectivity index (χ3n) is 5.63. The van der Waals surface area contributed by atoms with Crippen LogP contribution >= 0.6 is 0 Å². The lowest BCUT2D eigenvalue weighted by molar-refractivity contribution is -0.140. The van der Waals surface area contributed by atoms with Gasteiger partial charge in [0.1, 0.15) is 12.6 Å². The van der Waals surface area contributed by atoms with E-state index in [1.165, 1.54) is 24.0 Å². The lowest BCUT2D eigenvalue weighted by Crippen LogP contribution is -2.52. The molecule has 0 aromatic heterocycles. The van der Waals surface area contributed by atoms with E-state index in [0.717, 1.165) is 29.0 Å². The first-order chi connectivity index (χ1) is 16.6. The van der Waals surface area contributed by atoms with Gasteiger partial charge in [-0.2, -0.15) is 0 Å². The smallest absolute Gasteiger partial charge is 0.244 e. The van der Waals surface area contributed by atoms with Crippen molar-refractivity contribution in [2.75, 3.05) is 23.7 Å². The summed E-state index contributed by atoms with van der Waals surface area (Å²) in [6.45, 7) is 5.40. The standard InChI is InChI=1S/C26H35N3O5S/c1-5-7-16-27-26(32)24(6-2)28(18-21-12-9-8-10-13-21)25(31)19-29(35(4,33)34)23-15-11-14-22(17-23)20(3)30/h8-15,17,24H,5-7,16,18-19H2,1-4H3,(H,27,32)/t24-/m1/s1. The molecule has 0 aliphatic rings. The molecular formula is C26H35N3O5S. The Hall–Kier alpha value is -3.20. The van der Waals surface area contributed by atoms with Crippen molar-refractivity contribution in [1.29, 1.82) is 0 Å². The molecular weight excluding hydrogens is 466 g/mol. The van der Waals surface area contributed by atoms with Crippen LogP contribution in [0.4, 0.5) is 5.69 Å². The van der Waals surface area contributed by atoms with E-state index in [0.29, 0.717) is 18.5 Å². The fraction of sp³-hybridized carbons (Fsp3) is 0.423. The number of benzene rings is 2. The molecule has 190 valence electrons. The topological polar surface area (TPSA) is 104 Å². The van der Waals surface area contributed by atoms with Gasteiger partial charge >= 0.3 is 0 Å². The van der Waals surface area contributed by atoms with Gasteiger partial charge in [-0.05, 0) is 37.5 Å². The highest BCUT2D eigenvalue weighted by atomic mass is 32.2. The summed E-state index contributed by atoms with van der Waals surface area (Å²) in [5, 5.41) is 2.89. The fourth-order valence-electron chi connectivity index (χ4n) is 3.70. The molecule has 0 spiro atoms. The molecule has 0 aliphatic heterocycles. The van der Waals surface area contributed by atoms with Crippen molar-refractivity contribution in [3.63, 3.8) is 0 Å². The van der Waals surface area contributed by atoms with E-state index in [9.17, 15) is 22.8 Å². The minimum absolute atomic E-state index is 0.157. The number of sulfonamides is 1. The van der Waals surface area contributed by atoms with E-state index < -0.39 is 28.5 Å². The van der Waals surface area contributed by atoms with Crippen molar-refractivity contribution < 1.29 is 22.8 Å². The first-order valence-corrected chi connectivity index (χ1v) is 13.6. The number of carbonyl (C=O) groups is 3. The van der Waals surface area contributed by atoms with Gasteiger partial charge in [0.15, 0.2) is 5.78 Å². The molecule has 0 aliphatic carbocycles. The molecule has 0 radical (unpaired) electrons. The zero-order valence-electron chi connectivity index (χ0n) is 20.9. The number of nitrogens with one attached hydrogen (secondary N) is 1. The molecule has 35 heavy (non-hydrogen) atoms. The SMILES string of the molecule is CCCCNC(=O)[C@@H](CC)N(Cc1ccccc1)C(=O)CN(c1cccc(C(C)=O)c1)S(C)(=O)=O. The molecule has 0 heterocycles. The predicted molar refractivity (Wildman–Crippen MR) is 138 cm³/mol. The van der Waals surface area contributed by atoms with E-state index in [-0.39, 0.29) is 23.9 Å². The van der Waals surface area contributed by atoms with E-state index in [1.807, 2.05) is 44.2 Å². The van der Waals surface area contributed by atoms with Gasteiger partial charge in [-0.25, -0.2) is 8.42 Å². The summed E-state index contributed by atoms with van der Waals surface area (Å²) in [6.07, 6.45) is 3.13. The molecule has 2 rings (SSSR count). The number of unbranched alkanes of at least 4 members (excludes halogenated alkanes) is 1. The average Bonchev–Trinajstić information content (AvgIpc) is 2.82. The molecule has 0 unspecified atom stereocenters. The molecule has 0 bridgehead atoms. The van der Waals surface area contributed by atoms with Crippen molar-refractivity contribution in [2.45, 2.75) is 52.6 Å². The molecule has 2 aromatic rings. The van der Waals surface area contributed by atoms with Gasteiger partial charge in [0.25, 0.3) is 0 Å². The highest BCUT2D eigenvalue weighted by Gasteiger charge is 2.31. The van der Waals surface area contributed by atoms with Gasteiger partial charge < -0.3 is 10.2 Å². The summed E-state index contributed by atoms with van der Waals surface area (Å²) in [4.78, 5) is 39.8. The van der Waals surface area contributed by atoms with Crippen LogP contribution in [0.1, 0.15) is 56.0 Å². The Morgan fingerprint density at radius 2 is 1.69 bits per heavy atom. The molecule has 0 fully saturated rings. The Morgan fingerprint density at radius 3 is 2.26 bits per heavy atom. The summed E-state index contributed by atoms with van der Waals surface area (Å²) in [7, 11) is -3.86. The summed E-state index contributed by atoms with van der Waals surface area (Å²) in [5.41, 5.74) is 1.38. The maximum atomic E-state index is 13.6. The maximum Gasteiger partial charge on any atom is 0.244 e. The van der Waals surface area contributed by atoms with Crippen molar-refractivity contribution in [1.82, 2.24) is 10.2 Å². The Labute approximate surface area is 208 Å². The Kier molecular flexibility index (Phi) is 10.4. The van der Waals surface area contributed by atoms with Gasteiger partial charge in [0.05, 0.1) is 11.9 Å². The number of hydrogen-bond donors (Lipinski definition) is 1. The number of Topliss-reactive ketones (excluding diaryl/α,β-unsaturated/α-hetero) is 1. The molecule has 1 N–H and O–H groups in total. The van der Waals surface area contributed by atoms with Gasteiger partial charge in [-0.15, -0.1) is 0 Å². The number of nitrogens with zero attached hydrogens (tertiary/aromatic N) is 2. The van der Waals surface area contributed by atoms with Gasteiger partial charge in [-0.3, -0.25) is 18.7 Å². The van der Waals surface area contributed by atoms with E-state index in [2.05, 4.69) is 5.32 Å². The Balaban J connectivity index is 2.41. The van der Waals surface area contributed by atoms with Crippen LogP contribution in [0.5, 0.6) is 0 Å². The van der Waals surface area contributed by atoms with Gasteiger partial charge in [0, 0.05) is 18.7 Å². The average molecular weight is 502 g/mol. The van der Waals surface area contributed by atoms with Crippen molar-refractivity contribution in [3.05, 3.63) is 65.7 Å². The first kappa shape index (κ1) is 28.0. The Morgan fingerprint density at radius 1 is 1.00 bits per heavy atom. The largest absolute Gasteiger partial charge is 0.354 e. The van der Waals surface area contributed by atoms with Crippen molar-refractivity contribution in [2.24, 2.45) is 0 Å². The van der Waals surface area contributed by atoms with Gasteiger partial charge in [0.2, 0.25) is 21.8 Å². The maximum absolute atomic E-state index is 13.6. The number of carbonyl (C=O) groups excluding carboxylic acids is 3. The third kappa shape index (κ3) is 8.20. The highest BCUT2D eigenvalue weighted by Crippen LogP contribution is 2.21. The van der Waals surface area contributed by atoms with Crippen LogP contribution in [0.2, 0.25) is 0 Å². The third-order valence-corrected chi connectivity index (χ3v) is 6.77. The van der Waals surface area contributed by atoms with Crippen molar-refractivity contribution >= 4 is 33.3 Å². The van der Waals surface area contributed by atoms with Crippen molar-refractivity contribution in [3.8, 4) is 0 Å². The minimum atomic E-state index is -3.86. The number of amides is 2. The lowest BCUT2D eigenvalue weighted by atomic mass is 10.1. The molecule has 2 aromatic carbocycles. The van der Waals surface area contributed by atoms with Crippen LogP contribution in [-0.4, -0.2) is 56.3 Å². The van der Waals surface area contributed by atoms with Crippen LogP contribution in [0.25, 0.3) is 0 Å². The number of hydrogen-bond acceptors (Lipinski definition) is 5. The normalized spacial score (nSPS) is 12.0. The monoisotopic (exact) mass is 501 g/mol. The highest BCUT2D eigenvalue weighted by molar-refractivity contribution is 7.92. The summed E-state index contributed by atoms with van der Waals surface area (Å²) in [6, 6.07) is 14.6. The Bertz CT molecular complexity index is 1120. The lowest BCUT2D eigenvalue weighted by Gasteiger charge is -2.33.